The number of rotatable bonds is 10. The first-order valence-electron chi connectivity index (χ1n) is 12.9. The molecule has 0 atom stereocenters. The fourth-order valence-electron chi connectivity index (χ4n) is 4.82. The van der Waals surface area contributed by atoms with Gasteiger partial charge in [-0.2, -0.15) is 0 Å². The van der Waals surface area contributed by atoms with E-state index in [1.54, 1.807) is 4.90 Å². The molecule has 2 aliphatic rings. The van der Waals surface area contributed by atoms with Crippen LogP contribution in [0.5, 0.6) is 11.5 Å². The van der Waals surface area contributed by atoms with Crippen molar-refractivity contribution in [3.05, 3.63) is 78.4 Å². The van der Waals surface area contributed by atoms with E-state index in [2.05, 4.69) is 4.98 Å². The Hall–Kier alpha value is -4.26. The summed E-state index contributed by atoms with van der Waals surface area (Å²) in [7, 11) is 1.31. The number of thiophene rings is 1. The van der Waals surface area contributed by atoms with Crippen LogP contribution < -0.4 is 25.6 Å². The van der Waals surface area contributed by atoms with E-state index in [0.717, 1.165) is 36.3 Å². The van der Waals surface area contributed by atoms with Crippen molar-refractivity contribution in [3.63, 3.8) is 0 Å². The highest BCUT2D eigenvalue weighted by atomic mass is 32.1. The molecule has 2 fully saturated rings. The number of aromatic carboxylic acids is 1. The number of carboxylic acids is 1. The third-order valence-electron chi connectivity index (χ3n) is 7.29. The Bertz CT molecular complexity index is 1810. The van der Waals surface area contributed by atoms with Crippen molar-refractivity contribution in [3.8, 4) is 17.2 Å². The molecular weight excluding hydrogens is 563 g/mol. The predicted octanol–water partition coefficient (Wildman–Crippen LogP) is 4.82. The van der Waals surface area contributed by atoms with Crippen molar-refractivity contribution >= 4 is 33.9 Å². The molecule has 41 heavy (non-hydrogen) atoms. The summed E-state index contributed by atoms with van der Waals surface area (Å²) in [6.07, 6.45) is 3.42. The van der Waals surface area contributed by atoms with E-state index in [9.17, 15) is 23.9 Å². The highest BCUT2D eigenvalue weighted by Gasteiger charge is 2.34. The first kappa shape index (κ1) is 26.9. The summed E-state index contributed by atoms with van der Waals surface area (Å²) >= 11 is 0.760. The molecule has 13 heteroatoms. The Labute approximate surface area is 234 Å². The number of methoxy groups -OCH3 is 1. The molecule has 2 aromatic carbocycles. The van der Waals surface area contributed by atoms with Gasteiger partial charge in [0, 0.05) is 17.5 Å². The summed E-state index contributed by atoms with van der Waals surface area (Å²) in [5.74, 6) is -3.85. The Kier molecular flexibility index (Phi) is 6.76. The van der Waals surface area contributed by atoms with Crippen LogP contribution in [0.15, 0.2) is 39.2 Å². The minimum atomic E-state index is -1.37. The summed E-state index contributed by atoms with van der Waals surface area (Å²) in [4.78, 5) is 41.9. The number of anilines is 1. The van der Waals surface area contributed by atoms with Gasteiger partial charge >= 0.3 is 11.7 Å². The molecule has 0 unspecified atom stereocenters. The fourth-order valence-corrected chi connectivity index (χ4v) is 5.65. The first-order chi connectivity index (χ1) is 19.7. The van der Waals surface area contributed by atoms with Gasteiger partial charge in [-0.25, -0.2) is 27.3 Å². The Balaban J connectivity index is 1.49. The average Bonchev–Trinajstić information content (AvgIpc) is 3.88. The number of aromatic amines is 1. The number of hydrogen-bond acceptors (Lipinski definition) is 7. The molecule has 214 valence electrons. The second-order valence-corrected chi connectivity index (χ2v) is 11.0. The lowest BCUT2D eigenvalue weighted by Crippen LogP contribution is -2.35. The second-order valence-electron chi connectivity index (χ2n) is 10.2. The van der Waals surface area contributed by atoms with Crippen LogP contribution >= 0.6 is 11.3 Å². The van der Waals surface area contributed by atoms with Gasteiger partial charge in [0.2, 0.25) is 0 Å². The summed E-state index contributed by atoms with van der Waals surface area (Å²) < 4.78 is 56.8. The maximum absolute atomic E-state index is 15.5. The molecule has 2 aliphatic carbocycles. The van der Waals surface area contributed by atoms with Crippen molar-refractivity contribution < 1.29 is 32.5 Å². The number of H-pyrrole nitrogens is 1. The summed E-state index contributed by atoms with van der Waals surface area (Å²) in [5, 5.41) is 10.6. The number of ether oxygens (including phenoxy) is 2. The number of nitrogens with zero attached hydrogens (tertiary/aromatic N) is 2. The van der Waals surface area contributed by atoms with E-state index in [0.29, 0.717) is 29.9 Å². The second kappa shape index (κ2) is 10.3. The molecule has 0 amide bonds. The number of fused-ring (bicyclic) bond motifs is 1. The Morgan fingerprint density at radius 1 is 1.12 bits per heavy atom. The monoisotopic (exact) mass is 587 g/mol. The molecule has 9 nitrogen and oxygen atoms in total. The van der Waals surface area contributed by atoms with Gasteiger partial charge in [-0.15, -0.1) is 11.3 Å². The Morgan fingerprint density at radius 3 is 2.54 bits per heavy atom. The number of carboxylic acid groups (broad SMARTS) is 1. The van der Waals surface area contributed by atoms with Gasteiger partial charge < -0.3 is 24.5 Å². The molecule has 0 saturated heterocycles. The standard InChI is InChI=1S/C28H24F3N3O6S/c1-39-22-8-17(30)19(34-26(35)23-18(32-28(34)38)12-41-25(23)27(36)37)9-20(22)33(14-4-5-14)10-15-21(40-11-13-2-3-13)7-6-16(29)24(15)31/h6-9,12-14H,2-5,10-11H2,1H3,(H,32,38)(H,36,37). The van der Waals surface area contributed by atoms with E-state index >= 15 is 8.78 Å². The molecular formula is C28H24F3N3O6S. The molecule has 2 saturated carbocycles. The third-order valence-corrected chi connectivity index (χ3v) is 8.25. The van der Waals surface area contributed by atoms with Crippen molar-refractivity contribution in [2.45, 2.75) is 38.3 Å². The Morgan fingerprint density at radius 2 is 1.88 bits per heavy atom. The van der Waals surface area contributed by atoms with Gasteiger partial charge in [0.15, 0.2) is 17.5 Å². The van der Waals surface area contributed by atoms with Crippen LogP contribution in [0.4, 0.5) is 18.9 Å². The van der Waals surface area contributed by atoms with Gasteiger partial charge in [-0.3, -0.25) is 4.79 Å². The van der Waals surface area contributed by atoms with Crippen LogP contribution in [-0.2, 0) is 6.54 Å². The number of hydrogen-bond donors (Lipinski definition) is 2. The van der Waals surface area contributed by atoms with E-state index in [1.165, 1.54) is 24.6 Å². The molecule has 0 aliphatic heterocycles. The maximum Gasteiger partial charge on any atom is 0.346 e. The van der Waals surface area contributed by atoms with Crippen LogP contribution in [-0.4, -0.2) is 40.4 Å². The molecule has 0 radical (unpaired) electrons. The molecule has 2 N–H and O–H groups in total. The fraction of sp³-hybridized carbons (Fsp3) is 0.321. The molecule has 4 aromatic rings. The van der Waals surface area contributed by atoms with Gasteiger partial charge in [-0.1, -0.05) is 0 Å². The number of carbonyl (C=O) groups is 1. The van der Waals surface area contributed by atoms with E-state index < -0.39 is 40.4 Å². The van der Waals surface area contributed by atoms with Crippen molar-refractivity contribution in [2.24, 2.45) is 5.92 Å². The molecule has 0 bridgehead atoms. The molecule has 6 rings (SSSR count). The molecule has 0 spiro atoms. The predicted molar refractivity (Wildman–Crippen MR) is 145 cm³/mol. The smallest absolute Gasteiger partial charge is 0.346 e. The number of benzene rings is 2. The van der Waals surface area contributed by atoms with Crippen molar-refractivity contribution in [1.82, 2.24) is 9.55 Å². The number of aromatic nitrogens is 2. The largest absolute Gasteiger partial charge is 0.494 e. The van der Waals surface area contributed by atoms with Gasteiger partial charge in [-0.05, 0) is 49.8 Å². The topological polar surface area (TPSA) is 114 Å². The van der Waals surface area contributed by atoms with E-state index in [4.69, 9.17) is 9.47 Å². The van der Waals surface area contributed by atoms with Crippen LogP contribution in [0, 0.1) is 23.4 Å². The molecule has 2 aromatic heterocycles. The normalized spacial score (nSPS) is 14.8. The highest BCUT2D eigenvalue weighted by Crippen LogP contribution is 2.42. The van der Waals surface area contributed by atoms with Gasteiger partial charge in [0.1, 0.15) is 16.4 Å². The van der Waals surface area contributed by atoms with Crippen LogP contribution in [0.1, 0.15) is 40.9 Å². The number of halogens is 3. The lowest BCUT2D eigenvalue weighted by molar-refractivity contribution is 0.0704. The highest BCUT2D eigenvalue weighted by molar-refractivity contribution is 7.13. The van der Waals surface area contributed by atoms with Crippen LogP contribution in [0.2, 0.25) is 0 Å². The quantitative estimate of drug-likeness (QED) is 0.274. The summed E-state index contributed by atoms with van der Waals surface area (Å²) in [5.41, 5.74) is -2.20. The zero-order valence-corrected chi connectivity index (χ0v) is 22.5. The lowest BCUT2D eigenvalue weighted by Gasteiger charge is -2.28. The summed E-state index contributed by atoms with van der Waals surface area (Å²) in [6, 6.07) is 4.46. The van der Waals surface area contributed by atoms with E-state index in [1.807, 2.05) is 0 Å². The van der Waals surface area contributed by atoms with E-state index in [-0.39, 0.29) is 51.1 Å². The van der Waals surface area contributed by atoms with Crippen molar-refractivity contribution in [1.29, 1.82) is 0 Å². The summed E-state index contributed by atoms with van der Waals surface area (Å²) in [6.45, 7) is 0.217. The first-order valence-corrected chi connectivity index (χ1v) is 13.8. The van der Waals surface area contributed by atoms with Crippen molar-refractivity contribution in [2.75, 3.05) is 18.6 Å². The minimum Gasteiger partial charge on any atom is -0.494 e. The van der Waals surface area contributed by atoms with Gasteiger partial charge in [0.25, 0.3) is 5.56 Å². The minimum absolute atomic E-state index is 0.0210. The zero-order chi connectivity index (χ0) is 29.0. The third kappa shape index (κ3) is 4.94. The maximum atomic E-state index is 15.5. The lowest BCUT2D eigenvalue weighted by atomic mass is 10.1. The number of nitrogens with one attached hydrogen (secondary N) is 1. The van der Waals surface area contributed by atoms with Gasteiger partial charge in [0.05, 0.1) is 48.1 Å². The molecule has 2 heterocycles. The van der Waals surface area contributed by atoms with Crippen LogP contribution in [0.3, 0.4) is 0 Å². The zero-order valence-electron chi connectivity index (χ0n) is 21.7. The SMILES string of the molecule is COc1cc(F)c(-n2c(=O)[nH]c3csc(C(=O)O)c3c2=O)cc1N(Cc1c(OCC2CC2)ccc(F)c1F)C1CC1. The average molecular weight is 588 g/mol. The van der Waals surface area contributed by atoms with Crippen LogP contribution in [0.25, 0.3) is 16.6 Å².